The van der Waals surface area contributed by atoms with Crippen molar-refractivity contribution in [1.29, 1.82) is 0 Å². The van der Waals surface area contributed by atoms with Crippen LogP contribution in [0.5, 0.6) is 0 Å². The molecule has 0 aliphatic rings. The Kier molecular flexibility index (Phi) is 3.24. The highest BCUT2D eigenvalue weighted by Gasteiger charge is 2.09. The summed E-state index contributed by atoms with van der Waals surface area (Å²) in [7, 11) is 0. The molecule has 0 saturated heterocycles. The van der Waals surface area contributed by atoms with Crippen LogP contribution >= 0.6 is 11.6 Å². The van der Waals surface area contributed by atoms with E-state index in [0.717, 1.165) is 22.2 Å². The van der Waals surface area contributed by atoms with Gasteiger partial charge < -0.3 is 5.32 Å². The number of nitrogens with zero attached hydrogens (tertiary/aromatic N) is 3. The van der Waals surface area contributed by atoms with Crippen LogP contribution in [0.25, 0.3) is 10.9 Å². The third-order valence-corrected chi connectivity index (χ3v) is 3.45. The van der Waals surface area contributed by atoms with Crippen LogP contribution in [0.15, 0.2) is 36.5 Å². The maximum atomic E-state index is 6.10. The zero-order valence-corrected chi connectivity index (χ0v) is 11.9. The normalized spacial score (nSPS) is 10.8. The van der Waals surface area contributed by atoms with Crippen molar-refractivity contribution in [2.75, 3.05) is 5.32 Å². The minimum atomic E-state index is 0.466. The summed E-state index contributed by atoms with van der Waals surface area (Å²) in [6.45, 7) is 3.71. The first-order valence-electron chi connectivity index (χ1n) is 6.26. The van der Waals surface area contributed by atoms with E-state index < -0.39 is 0 Å². The minimum Gasteiger partial charge on any atom is -0.338 e. The Morgan fingerprint density at radius 1 is 1.05 bits per heavy atom. The number of para-hydroxylation sites is 1. The van der Waals surface area contributed by atoms with Crippen molar-refractivity contribution in [3.05, 3.63) is 53.1 Å². The van der Waals surface area contributed by atoms with Crippen molar-refractivity contribution in [2.45, 2.75) is 13.8 Å². The highest BCUT2D eigenvalue weighted by Crippen LogP contribution is 2.27. The SMILES string of the molecule is Cc1nc(Cl)c(C)c(Nc2cccc3cccnc23)n1. The Morgan fingerprint density at radius 2 is 1.85 bits per heavy atom. The molecule has 0 atom stereocenters. The van der Waals surface area contributed by atoms with Crippen LogP contribution in [0.3, 0.4) is 0 Å². The van der Waals surface area contributed by atoms with E-state index in [1.165, 1.54) is 0 Å². The fraction of sp³-hybridized carbons (Fsp3) is 0.133. The van der Waals surface area contributed by atoms with Crippen LogP contribution in [0.1, 0.15) is 11.4 Å². The highest BCUT2D eigenvalue weighted by atomic mass is 35.5. The molecule has 3 rings (SSSR count). The molecule has 0 aliphatic carbocycles. The molecule has 0 unspecified atom stereocenters. The van der Waals surface area contributed by atoms with E-state index in [4.69, 9.17) is 11.6 Å². The molecule has 2 heterocycles. The smallest absolute Gasteiger partial charge is 0.138 e. The maximum Gasteiger partial charge on any atom is 0.138 e. The van der Waals surface area contributed by atoms with Crippen molar-refractivity contribution < 1.29 is 0 Å². The van der Waals surface area contributed by atoms with Gasteiger partial charge in [0.2, 0.25) is 0 Å². The van der Waals surface area contributed by atoms with Gasteiger partial charge in [0.15, 0.2) is 0 Å². The largest absolute Gasteiger partial charge is 0.338 e. The Bertz CT molecular complexity index is 781. The van der Waals surface area contributed by atoms with Gasteiger partial charge in [0.25, 0.3) is 0 Å². The van der Waals surface area contributed by atoms with Gasteiger partial charge >= 0.3 is 0 Å². The van der Waals surface area contributed by atoms with Gasteiger partial charge in [-0.25, -0.2) is 9.97 Å². The lowest BCUT2D eigenvalue weighted by Gasteiger charge is -2.11. The molecule has 0 amide bonds. The molecule has 0 aliphatic heterocycles. The summed E-state index contributed by atoms with van der Waals surface area (Å²) in [4.78, 5) is 13.0. The summed E-state index contributed by atoms with van der Waals surface area (Å²) < 4.78 is 0. The fourth-order valence-corrected chi connectivity index (χ4v) is 2.26. The number of aryl methyl sites for hydroxylation is 1. The second kappa shape index (κ2) is 5.06. The summed E-state index contributed by atoms with van der Waals surface area (Å²) in [6.07, 6.45) is 1.78. The second-order valence-electron chi connectivity index (χ2n) is 4.54. The van der Waals surface area contributed by atoms with Crippen LogP contribution in [0.4, 0.5) is 11.5 Å². The molecule has 1 aromatic carbocycles. The monoisotopic (exact) mass is 284 g/mol. The number of anilines is 2. The minimum absolute atomic E-state index is 0.466. The molecule has 100 valence electrons. The Morgan fingerprint density at radius 3 is 2.70 bits per heavy atom. The van der Waals surface area contributed by atoms with Crippen LogP contribution < -0.4 is 5.32 Å². The van der Waals surface area contributed by atoms with E-state index in [1.807, 2.05) is 44.2 Å². The molecule has 2 aromatic heterocycles. The number of pyridine rings is 1. The average molecular weight is 285 g/mol. The fourth-order valence-electron chi connectivity index (χ4n) is 2.05. The van der Waals surface area contributed by atoms with Crippen molar-refractivity contribution in [1.82, 2.24) is 15.0 Å². The molecule has 0 saturated carbocycles. The Hall–Kier alpha value is -2.20. The number of aromatic nitrogens is 3. The first-order chi connectivity index (χ1) is 9.65. The third kappa shape index (κ3) is 2.30. The van der Waals surface area contributed by atoms with Crippen LogP contribution in [-0.4, -0.2) is 15.0 Å². The van der Waals surface area contributed by atoms with Gasteiger partial charge in [-0.05, 0) is 26.0 Å². The summed E-state index contributed by atoms with van der Waals surface area (Å²) in [5.41, 5.74) is 2.63. The van der Waals surface area contributed by atoms with Crippen molar-refractivity contribution >= 4 is 34.0 Å². The Labute approximate surface area is 121 Å². The van der Waals surface area contributed by atoms with Gasteiger partial charge in [-0.15, -0.1) is 0 Å². The number of hydrogen-bond donors (Lipinski definition) is 1. The number of benzene rings is 1. The quantitative estimate of drug-likeness (QED) is 0.722. The van der Waals surface area contributed by atoms with Crippen LogP contribution in [-0.2, 0) is 0 Å². The molecule has 20 heavy (non-hydrogen) atoms. The summed E-state index contributed by atoms with van der Waals surface area (Å²) >= 11 is 6.10. The van der Waals surface area contributed by atoms with Crippen LogP contribution in [0, 0.1) is 13.8 Å². The van der Waals surface area contributed by atoms with E-state index in [1.54, 1.807) is 6.20 Å². The molecule has 3 aromatic rings. The number of rotatable bonds is 2. The predicted octanol–water partition coefficient (Wildman–Crippen LogP) is 4.04. The summed E-state index contributed by atoms with van der Waals surface area (Å²) in [5.74, 6) is 1.34. The van der Waals surface area contributed by atoms with Gasteiger partial charge in [-0.2, -0.15) is 0 Å². The second-order valence-corrected chi connectivity index (χ2v) is 4.90. The molecule has 0 fully saturated rings. The van der Waals surface area contributed by atoms with E-state index in [-0.39, 0.29) is 0 Å². The summed E-state index contributed by atoms with van der Waals surface area (Å²) in [5, 5.41) is 4.84. The molecule has 0 bridgehead atoms. The van der Waals surface area contributed by atoms with Crippen molar-refractivity contribution in [2.24, 2.45) is 0 Å². The molecular weight excluding hydrogens is 272 g/mol. The van der Waals surface area contributed by atoms with Gasteiger partial charge in [0.05, 0.1) is 11.2 Å². The van der Waals surface area contributed by atoms with Crippen LogP contribution in [0.2, 0.25) is 5.15 Å². The third-order valence-electron chi connectivity index (χ3n) is 3.08. The molecule has 4 nitrogen and oxygen atoms in total. The van der Waals surface area contributed by atoms with Gasteiger partial charge in [0.1, 0.15) is 16.8 Å². The number of hydrogen-bond acceptors (Lipinski definition) is 4. The van der Waals surface area contributed by atoms with E-state index in [2.05, 4.69) is 20.3 Å². The highest BCUT2D eigenvalue weighted by molar-refractivity contribution is 6.30. The molecule has 1 N–H and O–H groups in total. The number of halogens is 1. The van der Waals surface area contributed by atoms with E-state index >= 15 is 0 Å². The molecule has 0 spiro atoms. The lowest BCUT2D eigenvalue weighted by atomic mass is 10.2. The predicted molar refractivity (Wildman–Crippen MR) is 81.5 cm³/mol. The Balaban J connectivity index is 2.10. The topological polar surface area (TPSA) is 50.7 Å². The summed E-state index contributed by atoms with van der Waals surface area (Å²) in [6, 6.07) is 9.93. The van der Waals surface area contributed by atoms with E-state index in [9.17, 15) is 0 Å². The first kappa shape index (κ1) is 12.8. The van der Waals surface area contributed by atoms with Gasteiger partial charge in [-0.1, -0.05) is 29.8 Å². The standard InChI is InChI=1S/C15H13ClN4/c1-9-14(16)18-10(2)19-15(9)20-12-7-3-5-11-6-4-8-17-13(11)12/h3-8H,1-2H3,(H,18,19,20). The first-order valence-corrected chi connectivity index (χ1v) is 6.64. The van der Waals surface area contributed by atoms with Crippen molar-refractivity contribution in [3.63, 3.8) is 0 Å². The van der Waals surface area contributed by atoms with Gasteiger partial charge in [-0.3, -0.25) is 4.98 Å². The average Bonchev–Trinajstić information content (AvgIpc) is 2.44. The molecule has 5 heteroatoms. The van der Waals surface area contributed by atoms with E-state index in [0.29, 0.717) is 16.8 Å². The number of fused-ring (bicyclic) bond motifs is 1. The lowest BCUT2D eigenvalue weighted by molar-refractivity contribution is 1.04. The maximum absolute atomic E-state index is 6.10. The molecule has 0 radical (unpaired) electrons. The van der Waals surface area contributed by atoms with Gasteiger partial charge in [0, 0.05) is 17.1 Å². The van der Waals surface area contributed by atoms with Crippen molar-refractivity contribution in [3.8, 4) is 0 Å². The zero-order valence-electron chi connectivity index (χ0n) is 11.2. The lowest BCUT2D eigenvalue weighted by Crippen LogP contribution is -2.02. The zero-order chi connectivity index (χ0) is 14.1. The number of nitrogens with one attached hydrogen (secondary N) is 1. The molecular formula is C15H13ClN4.